The van der Waals surface area contributed by atoms with Crippen LogP contribution >= 0.6 is 0 Å². The number of carbonyl (C=O) groups excluding carboxylic acids is 1. The van der Waals surface area contributed by atoms with E-state index in [0.29, 0.717) is 13.2 Å². The first-order valence-corrected chi connectivity index (χ1v) is 11.4. The van der Waals surface area contributed by atoms with Crippen LogP contribution in [0.3, 0.4) is 0 Å². The van der Waals surface area contributed by atoms with E-state index in [1.165, 1.54) is 27.8 Å². The van der Waals surface area contributed by atoms with Crippen molar-refractivity contribution in [3.8, 4) is 0 Å². The standard InChI is InChI=1S/C26H32N2O3/c1-2-30-26(29)22-10-7-15-28(19-22)16-17-31-27-18-25-23-11-5-3-8-20(23)13-14-21-9-4-6-12-24(21)25/h3-6,8-9,11-12,18,22,27H,2,7,10,13-17,19H2,1H3/t22-/m1/s1. The number of ether oxygens (including phenoxy) is 1. The van der Waals surface area contributed by atoms with Crippen LogP contribution < -0.4 is 5.48 Å². The highest BCUT2D eigenvalue weighted by molar-refractivity contribution is 5.83. The van der Waals surface area contributed by atoms with Crippen LogP contribution in [0.25, 0.3) is 5.57 Å². The summed E-state index contributed by atoms with van der Waals surface area (Å²) in [5, 5.41) is 0. The number of nitrogens with zero attached hydrogens (tertiary/aromatic N) is 1. The lowest BCUT2D eigenvalue weighted by molar-refractivity contribution is -0.150. The molecule has 1 aliphatic heterocycles. The second kappa shape index (κ2) is 10.6. The Labute approximate surface area is 185 Å². The molecule has 1 atom stereocenters. The normalized spacial score (nSPS) is 18.5. The summed E-state index contributed by atoms with van der Waals surface area (Å²) in [5.74, 6) is -0.0792. The summed E-state index contributed by atoms with van der Waals surface area (Å²) in [5.41, 5.74) is 9.50. The average Bonchev–Trinajstić information content (AvgIpc) is 2.96. The molecule has 1 saturated heterocycles. The third-order valence-corrected chi connectivity index (χ3v) is 6.20. The van der Waals surface area contributed by atoms with Crippen LogP contribution in [0.5, 0.6) is 0 Å². The van der Waals surface area contributed by atoms with Gasteiger partial charge in [0.15, 0.2) is 0 Å². The van der Waals surface area contributed by atoms with Crippen molar-refractivity contribution in [3.05, 3.63) is 77.0 Å². The van der Waals surface area contributed by atoms with Gasteiger partial charge in [-0.25, -0.2) is 0 Å². The van der Waals surface area contributed by atoms with Crippen LogP contribution in [0.1, 0.15) is 42.0 Å². The van der Waals surface area contributed by atoms with E-state index < -0.39 is 0 Å². The fourth-order valence-corrected chi connectivity index (χ4v) is 4.62. The Morgan fingerprint density at radius 1 is 1.10 bits per heavy atom. The SMILES string of the molecule is CCOC(=O)[C@@H]1CCCN(CCONC=C2c3ccccc3CCc3ccccc32)C1. The fraction of sp³-hybridized carbons (Fsp3) is 0.423. The first kappa shape index (κ1) is 21.6. The van der Waals surface area contributed by atoms with Crippen molar-refractivity contribution < 1.29 is 14.4 Å². The van der Waals surface area contributed by atoms with Crippen LogP contribution in [0.4, 0.5) is 0 Å². The quantitative estimate of drug-likeness (QED) is 0.417. The number of hydroxylamine groups is 1. The van der Waals surface area contributed by atoms with Crippen molar-refractivity contribution in [2.24, 2.45) is 5.92 Å². The number of esters is 1. The molecule has 0 unspecified atom stereocenters. The molecule has 0 amide bonds. The molecule has 1 heterocycles. The molecule has 5 heteroatoms. The molecule has 5 nitrogen and oxygen atoms in total. The second-order valence-corrected chi connectivity index (χ2v) is 8.23. The maximum atomic E-state index is 12.0. The Morgan fingerprint density at radius 2 is 1.77 bits per heavy atom. The molecule has 4 rings (SSSR count). The van der Waals surface area contributed by atoms with Gasteiger partial charge in [-0.15, -0.1) is 0 Å². The third kappa shape index (κ3) is 5.35. The smallest absolute Gasteiger partial charge is 0.310 e. The molecule has 2 aromatic rings. The van der Waals surface area contributed by atoms with E-state index in [1.807, 2.05) is 13.1 Å². The van der Waals surface area contributed by atoms with Crippen LogP contribution in [0.15, 0.2) is 54.7 Å². The monoisotopic (exact) mass is 420 g/mol. The van der Waals surface area contributed by atoms with Gasteiger partial charge in [-0.05, 0) is 61.4 Å². The minimum atomic E-state index is -0.0679. The van der Waals surface area contributed by atoms with E-state index in [-0.39, 0.29) is 11.9 Å². The lowest BCUT2D eigenvalue weighted by atomic mass is 9.95. The van der Waals surface area contributed by atoms with Crippen molar-refractivity contribution in [2.75, 3.05) is 32.8 Å². The number of nitrogens with one attached hydrogen (secondary N) is 1. The van der Waals surface area contributed by atoms with Crippen LogP contribution in [-0.4, -0.2) is 43.7 Å². The number of carbonyl (C=O) groups is 1. The van der Waals surface area contributed by atoms with Crippen molar-refractivity contribution in [2.45, 2.75) is 32.6 Å². The summed E-state index contributed by atoms with van der Waals surface area (Å²) in [7, 11) is 0. The van der Waals surface area contributed by atoms with Crippen LogP contribution in [-0.2, 0) is 27.2 Å². The second-order valence-electron chi connectivity index (χ2n) is 8.23. The Hall–Kier alpha value is -2.63. The molecule has 1 N–H and O–H groups in total. The molecule has 2 aromatic carbocycles. The van der Waals surface area contributed by atoms with Crippen molar-refractivity contribution in [1.29, 1.82) is 0 Å². The largest absolute Gasteiger partial charge is 0.466 e. The number of hydrogen-bond acceptors (Lipinski definition) is 5. The summed E-state index contributed by atoms with van der Waals surface area (Å²) in [6.45, 7) is 5.41. The van der Waals surface area contributed by atoms with Gasteiger partial charge in [-0.2, -0.15) is 0 Å². The minimum Gasteiger partial charge on any atom is -0.466 e. The van der Waals surface area contributed by atoms with Crippen LogP contribution in [0, 0.1) is 5.92 Å². The zero-order valence-corrected chi connectivity index (χ0v) is 18.3. The number of benzene rings is 2. The number of piperidine rings is 1. The van der Waals surface area contributed by atoms with Gasteiger partial charge in [0.1, 0.15) is 0 Å². The average molecular weight is 421 g/mol. The molecule has 0 spiro atoms. The predicted octanol–water partition coefficient (Wildman–Crippen LogP) is 3.97. The van der Waals surface area contributed by atoms with Crippen LogP contribution in [0.2, 0.25) is 0 Å². The van der Waals surface area contributed by atoms with E-state index in [9.17, 15) is 4.79 Å². The highest BCUT2D eigenvalue weighted by Crippen LogP contribution is 2.32. The van der Waals surface area contributed by atoms with Gasteiger partial charge in [-0.1, -0.05) is 48.5 Å². The Balaban J connectivity index is 1.36. The summed E-state index contributed by atoms with van der Waals surface area (Å²) in [6.07, 6.45) is 6.01. The highest BCUT2D eigenvalue weighted by atomic mass is 16.6. The fourth-order valence-electron chi connectivity index (χ4n) is 4.62. The number of rotatable bonds is 7. The zero-order chi connectivity index (χ0) is 21.5. The topological polar surface area (TPSA) is 50.8 Å². The first-order valence-electron chi connectivity index (χ1n) is 11.4. The van der Waals surface area contributed by atoms with Gasteiger partial charge in [0.25, 0.3) is 0 Å². The van der Waals surface area contributed by atoms with Gasteiger partial charge < -0.3 is 9.64 Å². The first-order chi connectivity index (χ1) is 15.3. The molecule has 0 bridgehead atoms. The van der Waals surface area contributed by atoms with Gasteiger partial charge in [0.2, 0.25) is 0 Å². The Bertz CT molecular complexity index is 875. The molecule has 164 valence electrons. The predicted molar refractivity (Wildman–Crippen MR) is 122 cm³/mol. The molecule has 31 heavy (non-hydrogen) atoms. The van der Waals surface area contributed by atoms with E-state index in [4.69, 9.17) is 9.57 Å². The van der Waals surface area contributed by atoms with Crippen molar-refractivity contribution >= 4 is 11.5 Å². The summed E-state index contributed by atoms with van der Waals surface area (Å²) < 4.78 is 5.19. The summed E-state index contributed by atoms with van der Waals surface area (Å²) in [6, 6.07) is 17.2. The molecule has 2 aliphatic rings. The molecule has 0 saturated carbocycles. The van der Waals surface area contributed by atoms with E-state index in [0.717, 1.165) is 45.3 Å². The Kier molecular flexibility index (Phi) is 7.39. The van der Waals surface area contributed by atoms with Gasteiger partial charge in [0, 0.05) is 24.9 Å². The lowest BCUT2D eigenvalue weighted by Crippen LogP contribution is -2.41. The number of likely N-dealkylation sites (tertiary alicyclic amines) is 1. The highest BCUT2D eigenvalue weighted by Gasteiger charge is 2.26. The van der Waals surface area contributed by atoms with E-state index >= 15 is 0 Å². The maximum absolute atomic E-state index is 12.0. The molecular formula is C26H32N2O3. The minimum absolute atomic E-state index is 0.0113. The van der Waals surface area contributed by atoms with Gasteiger partial charge in [-0.3, -0.25) is 15.1 Å². The summed E-state index contributed by atoms with van der Waals surface area (Å²) >= 11 is 0. The lowest BCUT2D eigenvalue weighted by Gasteiger charge is -2.31. The van der Waals surface area contributed by atoms with E-state index in [2.05, 4.69) is 58.9 Å². The van der Waals surface area contributed by atoms with Crippen molar-refractivity contribution in [1.82, 2.24) is 10.4 Å². The molecule has 0 aromatic heterocycles. The molecular weight excluding hydrogens is 388 g/mol. The molecule has 1 fully saturated rings. The zero-order valence-electron chi connectivity index (χ0n) is 18.3. The summed E-state index contributed by atoms with van der Waals surface area (Å²) in [4.78, 5) is 20.1. The maximum Gasteiger partial charge on any atom is 0.310 e. The number of fused-ring (bicyclic) bond motifs is 2. The Morgan fingerprint density at radius 3 is 2.45 bits per heavy atom. The van der Waals surface area contributed by atoms with Gasteiger partial charge >= 0.3 is 5.97 Å². The van der Waals surface area contributed by atoms with E-state index in [1.54, 1.807) is 0 Å². The molecule has 1 aliphatic carbocycles. The van der Waals surface area contributed by atoms with Crippen molar-refractivity contribution in [3.63, 3.8) is 0 Å². The number of aryl methyl sites for hydroxylation is 2. The van der Waals surface area contributed by atoms with Gasteiger partial charge in [0.05, 0.1) is 19.1 Å². The number of hydrogen-bond donors (Lipinski definition) is 1. The third-order valence-electron chi connectivity index (χ3n) is 6.20. The molecule has 0 radical (unpaired) electrons.